The Bertz CT molecular complexity index is 451. The molecule has 0 amide bonds. The number of ether oxygens (including phenoxy) is 1. The predicted octanol–water partition coefficient (Wildman–Crippen LogP) is 4.70. The summed E-state index contributed by atoms with van der Waals surface area (Å²) in [6, 6.07) is 9.57. The number of para-hydroxylation sites is 1. The van der Waals surface area contributed by atoms with Crippen LogP contribution in [0.4, 0.5) is 0 Å². The maximum Gasteiger partial charge on any atom is 0.124 e. The topological polar surface area (TPSA) is 21.3 Å². The lowest BCUT2D eigenvalue weighted by atomic mass is 9.88. The molecule has 0 spiro atoms. The molecule has 0 radical (unpaired) electrons. The first-order valence-corrected chi connectivity index (χ1v) is 8.73. The second-order valence-electron chi connectivity index (χ2n) is 7.01. The van der Waals surface area contributed by atoms with Crippen molar-refractivity contribution in [3.05, 3.63) is 29.8 Å². The predicted molar refractivity (Wildman–Crippen MR) is 87.6 cm³/mol. The quantitative estimate of drug-likeness (QED) is 0.813. The van der Waals surface area contributed by atoms with Gasteiger partial charge in [-0.3, -0.25) is 0 Å². The minimum atomic E-state index is 0.438. The van der Waals surface area contributed by atoms with Crippen LogP contribution in [0, 0.1) is 11.8 Å². The Morgan fingerprint density at radius 3 is 2.57 bits per heavy atom. The molecule has 0 aromatic heterocycles. The number of benzene rings is 1. The van der Waals surface area contributed by atoms with E-state index in [-0.39, 0.29) is 0 Å². The fourth-order valence-corrected chi connectivity index (χ4v) is 3.98. The van der Waals surface area contributed by atoms with Gasteiger partial charge in [0.15, 0.2) is 0 Å². The van der Waals surface area contributed by atoms with E-state index in [0.29, 0.717) is 18.0 Å². The molecular formula is C19H29NO. The number of hydrogen-bond donors (Lipinski definition) is 1. The van der Waals surface area contributed by atoms with E-state index in [4.69, 9.17) is 4.74 Å². The van der Waals surface area contributed by atoms with Crippen LogP contribution >= 0.6 is 0 Å². The molecule has 2 nitrogen and oxygen atoms in total. The SMILES string of the molecule is CC1COc2ccccc2C1N[C@@H](C)C1CCCCCC1. The van der Waals surface area contributed by atoms with Crippen molar-refractivity contribution >= 4 is 0 Å². The molecule has 116 valence electrons. The Kier molecular flexibility index (Phi) is 4.84. The molecule has 1 aliphatic heterocycles. The zero-order chi connectivity index (χ0) is 14.7. The Morgan fingerprint density at radius 2 is 1.81 bits per heavy atom. The van der Waals surface area contributed by atoms with Crippen molar-refractivity contribution in [1.82, 2.24) is 5.32 Å². The second kappa shape index (κ2) is 6.83. The largest absolute Gasteiger partial charge is 0.493 e. The monoisotopic (exact) mass is 287 g/mol. The second-order valence-corrected chi connectivity index (χ2v) is 7.01. The zero-order valence-corrected chi connectivity index (χ0v) is 13.5. The molecule has 1 heterocycles. The summed E-state index contributed by atoms with van der Waals surface area (Å²) in [5.41, 5.74) is 1.34. The van der Waals surface area contributed by atoms with Crippen molar-refractivity contribution in [2.75, 3.05) is 6.61 Å². The summed E-state index contributed by atoms with van der Waals surface area (Å²) in [6.45, 7) is 5.51. The van der Waals surface area contributed by atoms with E-state index in [1.807, 2.05) is 0 Å². The molecular weight excluding hydrogens is 258 g/mol. The van der Waals surface area contributed by atoms with Crippen LogP contribution in [-0.2, 0) is 0 Å². The summed E-state index contributed by atoms with van der Waals surface area (Å²) in [7, 11) is 0. The van der Waals surface area contributed by atoms with Crippen LogP contribution in [0.25, 0.3) is 0 Å². The smallest absolute Gasteiger partial charge is 0.124 e. The standard InChI is InChI=1S/C19H29NO/c1-14-13-21-18-12-8-7-11-17(18)19(14)20-15(2)16-9-5-3-4-6-10-16/h7-8,11-12,14-16,19-20H,3-6,9-10,13H2,1-2H3/t14?,15-,19?/m0/s1. The summed E-state index contributed by atoms with van der Waals surface area (Å²) in [5.74, 6) is 2.45. The minimum absolute atomic E-state index is 0.438. The van der Waals surface area contributed by atoms with E-state index in [2.05, 4.69) is 43.4 Å². The van der Waals surface area contributed by atoms with E-state index in [1.165, 1.54) is 44.1 Å². The molecule has 1 aromatic carbocycles. The average Bonchev–Trinajstić information content (AvgIpc) is 2.79. The maximum atomic E-state index is 5.87. The van der Waals surface area contributed by atoms with Crippen LogP contribution < -0.4 is 10.1 Å². The first-order valence-electron chi connectivity index (χ1n) is 8.73. The molecule has 3 atom stereocenters. The Morgan fingerprint density at radius 1 is 1.10 bits per heavy atom. The number of nitrogens with one attached hydrogen (secondary N) is 1. The van der Waals surface area contributed by atoms with Crippen LogP contribution in [0.3, 0.4) is 0 Å². The lowest BCUT2D eigenvalue weighted by molar-refractivity contribution is 0.170. The molecule has 1 N–H and O–H groups in total. The van der Waals surface area contributed by atoms with Gasteiger partial charge in [0, 0.05) is 23.6 Å². The average molecular weight is 287 g/mol. The third-order valence-electron chi connectivity index (χ3n) is 5.37. The summed E-state index contributed by atoms with van der Waals surface area (Å²) >= 11 is 0. The van der Waals surface area contributed by atoms with Crippen LogP contribution in [-0.4, -0.2) is 12.6 Å². The van der Waals surface area contributed by atoms with Crippen molar-refractivity contribution in [2.24, 2.45) is 11.8 Å². The van der Waals surface area contributed by atoms with Gasteiger partial charge in [-0.15, -0.1) is 0 Å². The third-order valence-corrected chi connectivity index (χ3v) is 5.37. The number of rotatable bonds is 3. The molecule has 2 aliphatic rings. The molecule has 21 heavy (non-hydrogen) atoms. The third kappa shape index (κ3) is 3.42. The highest BCUT2D eigenvalue weighted by Gasteiger charge is 2.30. The Labute approximate surface area is 129 Å². The fraction of sp³-hybridized carbons (Fsp3) is 0.684. The highest BCUT2D eigenvalue weighted by Crippen LogP contribution is 2.36. The zero-order valence-electron chi connectivity index (χ0n) is 13.5. The van der Waals surface area contributed by atoms with Gasteiger partial charge in [-0.1, -0.05) is 50.8 Å². The van der Waals surface area contributed by atoms with E-state index in [1.54, 1.807) is 0 Å². The highest BCUT2D eigenvalue weighted by molar-refractivity contribution is 5.38. The summed E-state index contributed by atoms with van der Waals surface area (Å²) < 4.78 is 5.87. The summed E-state index contributed by atoms with van der Waals surface area (Å²) in [4.78, 5) is 0. The van der Waals surface area contributed by atoms with Gasteiger partial charge in [0.2, 0.25) is 0 Å². The first kappa shape index (κ1) is 14.9. The van der Waals surface area contributed by atoms with Gasteiger partial charge in [0.25, 0.3) is 0 Å². The van der Waals surface area contributed by atoms with Crippen molar-refractivity contribution in [2.45, 2.75) is 64.5 Å². The lowest BCUT2D eigenvalue weighted by Gasteiger charge is -2.36. The summed E-state index contributed by atoms with van der Waals surface area (Å²) in [5, 5.41) is 3.94. The van der Waals surface area contributed by atoms with Crippen molar-refractivity contribution in [1.29, 1.82) is 0 Å². The van der Waals surface area contributed by atoms with Gasteiger partial charge in [-0.05, 0) is 31.7 Å². The van der Waals surface area contributed by atoms with Crippen molar-refractivity contribution in [3.63, 3.8) is 0 Å². The Hall–Kier alpha value is -1.02. The normalized spacial score (nSPS) is 28.3. The van der Waals surface area contributed by atoms with Crippen LogP contribution in [0.1, 0.15) is 64.0 Å². The minimum Gasteiger partial charge on any atom is -0.493 e. The fourth-order valence-electron chi connectivity index (χ4n) is 3.98. The molecule has 3 rings (SSSR count). The lowest BCUT2D eigenvalue weighted by Crippen LogP contribution is -2.41. The highest BCUT2D eigenvalue weighted by atomic mass is 16.5. The molecule has 2 unspecified atom stereocenters. The molecule has 1 saturated carbocycles. The molecule has 0 bridgehead atoms. The van der Waals surface area contributed by atoms with E-state index in [0.717, 1.165) is 18.3 Å². The van der Waals surface area contributed by atoms with Gasteiger partial charge in [-0.2, -0.15) is 0 Å². The van der Waals surface area contributed by atoms with Gasteiger partial charge < -0.3 is 10.1 Å². The van der Waals surface area contributed by atoms with E-state index in [9.17, 15) is 0 Å². The van der Waals surface area contributed by atoms with Gasteiger partial charge in [0.05, 0.1) is 6.61 Å². The van der Waals surface area contributed by atoms with Crippen molar-refractivity contribution in [3.8, 4) is 5.75 Å². The van der Waals surface area contributed by atoms with Crippen molar-refractivity contribution < 1.29 is 4.74 Å². The number of fused-ring (bicyclic) bond motifs is 1. The number of hydrogen-bond acceptors (Lipinski definition) is 2. The molecule has 2 heteroatoms. The van der Waals surface area contributed by atoms with Gasteiger partial charge in [0.1, 0.15) is 5.75 Å². The molecule has 1 fully saturated rings. The maximum absolute atomic E-state index is 5.87. The van der Waals surface area contributed by atoms with Crippen LogP contribution in [0.5, 0.6) is 5.75 Å². The molecule has 0 saturated heterocycles. The van der Waals surface area contributed by atoms with Gasteiger partial charge >= 0.3 is 0 Å². The van der Waals surface area contributed by atoms with E-state index < -0.39 is 0 Å². The van der Waals surface area contributed by atoms with Crippen LogP contribution in [0.15, 0.2) is 24.3 Å². The molecule has 1 aromatic rings. The van der Waals surface area contributed by atoms with Crippen LogP contribution in [0.2, 0.25) is 0 Å². The first-order chi connectivity index (χ1) is 10.3. The van der Waals surface area contributed by atoms with Gasteiger partial charge in [-0.25, -0.2) is 0 Å². The van der Waals surface area contributed by atoms with E-state index >= 15 is 0 Å². The molecule has 1 aliphatic carbocycles. The Balaban J connectivity index is 1.71. The summed E-state index contributed by atoms with van der Waals surface area (Å²) in [6.07, 6.45) is 8.48.